The Balaban J connectivity index is 1.56. The molecule has 1 heterocycles. The Kier molecular flexibility index (Phi) is 6.81. The number of likely N-dealkylation sites (tertiary alicyclic amines) is 1. The molecule has 2 aromatic rings. The number of hydrogen-bond acceptors (Lipinski definition) is 3. The third-order valence-corrected chi connectivity index (χ3v) is 8.76. The third-order valence-electron chi connectivity index (χ3n) is 6.61. The summed E-state index contributed by atoms with van der Waals surface area (Å²) in [5.41, 5.74) is 1.42. The van der Waals surface area contributed by atoms with E-state index in [1.54, 1.807) is 16.7 Å². The first-order valence-corrected chi connectivity index (χ1v) is 12.6. The summed E-state index contributed by atoms with van der Waals surface area (Å²) < 4.78 is 0. The minimum Gasteiger partial charge on any atom is -0.481 e. The van der Waals surface area contributed by atoms with Crippen LogP contribution in [0.15, 0.2) is 46.2 Å². The molecule has 4 rings (SSSR count). The van der Waals surface area contributed by atoms with Crippen LogP contribution in [0.3, 0.4) is 0 Å². The lowest BCUT2D eigenvalue weighted by molar-refractivity contribution is -0.146. The van der Waals surface area contributed by atoms with Gasteiger partial charge < -0.3 is 10.0 Å². The second kappa shape index (κ2) is 9.28. The number of piperidine rings is 1. The van der Waals surface area contributed by atoms with Gasteiger partial charge in [-0.3, -0.25) is 9.59 Å². The van der Waals surface area contributed by atoms with Crippen LogP contribution in [0, 0.1) is 5.92 Å². The lowest BCUT2D eigenvalue weighted by Crippen LogP contribution is -2.45. The molecule has 0 unspecified atom stereocenters. The summed E-state index contributed by atoms with van der Waals surface area (Å²) in [5.74, 6) is -0.702. The molecule has 32 heavy (non-hydrogen) atoms. The van der Waals surface area contributed by atoms with Crippen LogP contribution in [-0.4, -0.2) is 35.0 Å². The molecule has 4 nitrogen and oxygen atoms in total. The van der Waals surface area contributed by atoms with Crippen molar-refractivity contribution < 1.29 is 14.7 Å². The first-order chi connectivity index (χ1) is 15.2. The minimum absolute atomic E-state index is 0.0462. The molecular weight excluding hydrogens is 465 g/mol. The van der Waals surface area contributed by atoms with Gasteiger partial charge >= 0.3 is 5.97 Å². The number of benzene rings is 2. The number of nitrogens with zero attached hydrogens (tertiary/aromatic N) is 1. The monoisotopic (exact) mass is 491 g/mol. The average molecular weight is 492 g/mol. The molecule has 2 fully saturated rings. The Morgan fingerprint density at radius 1 is 1.03 bits per heavy atom. The zero-order valence-electron chi connectivity index (χ0n) is 18.2. The second-order valence-corrected chi connectivity index (χ2v) is 10.9. The SMILES string of the molecule is CC(C)c1ccccc1Sc1ccc(C2(C(=O)N3CCC(C(=O)O)CC3)CC2)c(Cl)c1Cl. The van der Waals surface area contributed by atoms with Crippen LogP contribution in [-0.2, 0) is 15.0 Å². The maximum Gasteiger partial charge on any atom is 0.306 e. The van der Waals surface area contributed by atoms with Crippen LogP contribution in [0.25, 0.3) is 0 Å². The molecule has 2 aromatic carbocycles. The number of amides is 1. The molecule has 1 N–H and O–H groups in total. The van der Waals surface area contributed by atoms with Gasteiger partial charge in [0, 0.05) is 22.9 Å². The van der Waals surface area contributed by atoms with Crippen molar-refractivity contribution in [2.45, 2.75) is 60.7 Å². The number of carbonyl (C=O) groups excluding carboxylic acids is 1. The summed E-state index contributed by atoms with van der Waals surface area (Å²) in [4.78, 5) is 28.4. The van der Waals surface area contributed by atoms with E-state index in [-0.39, 0.29) is 11.8 Å². The van der Waals surface area contributed by atoms with Crippen molar-refractivity contribution in [3.8, 4) is 0 Å². The summed E-state index contributed by atoms with van der Waals surface area (Å²) in [6, 6.07) is 12.2. The molecule has 1 aliphatic heterocycles. The summed E-state index contributed by atoms with van der Waals surface area (Å²) in [5, 5.41) is 10.2. The van der Waals surface area contributed by atoms with Gasteiger partial charge in [-0.1, -0.05) is 73.1 Å². The van der Waals surface area contributed by atoms with Crippen LogP contribution in [0.1, 0.15) is 56.6 Å². The fourth-order valence-electron chi connectivity index (χ4n) is 4.50. The van der Waals surface area contributed by atoms with Crippen molar-refractivity contribution in [2.75, 3.05) is 13.1 Å². The first-order valence-electron chi connectivity index (χ1n) is 11.0. The molecule has 1 aliphatic carbocycles. The number of halogens is 2. The number of carboxylic acid groups (broad SMARTS) is 1. The van der Waals surface area contributed by atoms with E-state index in [1.165, 1.54) is 5.56 Å². The Labute approximate surface area is 203 Å². The highest BCUT2D eigenvalue weighted by Gasteiger charge is 2.54. The number of hydrogen-bond donors (Lipinski definition) is 1. The molecule has 0 aromatic heterocycles. The summed E-state index contributed by atoms with van der Waals surface area (Å²) in [6.07, 6.45) is 2.47. The van der Waals surface area contributed by atoms with Crippen LogP contribution >= 0.6 is 35.0 Å². The molecule has 7 heteroatoms. The van der Waals surface area contributed by atoms with Crippen molar-refractivity contribution in [3.63, 3.8) is 0 Å². The molecule has 0 atom stereocenters. The minimum atomic E-state index is -0.778. The number of carbonyl (C=O) groups is 2. The van der Waals surface area contributed by atoms with E-state index >= 15 is 0 Å². The number of carboxylic acids is 1. The maximum absolute atomic E-state index is 13.4. The summed E-state index contributed by atoms with van der Waals surface area (Å²) in [6.45, 7) is 5.28. The Morgan fingerprint density at radius 3 is 2.28 bits per heavy atom. The average Bonchev–Trinajstić information content (AvgIpc) is 3.58. The molecule has 1 saturated heterocycles. The fraction of sp³-hybridized carbons (Fsp3) is 0.440. The standard InChI is InChI=1S/C25H27Cl2NO3S/c1-15(2)17-5-3-4-6-19(17)32-20-8-7-18(21(26)22(20)27)25(11-12-25)24(31)28-13-9-16(10-14-28)23(29)30/h3-8,15-16H,9-14H2,1-2H3,(H,29,30). The van der Waals surface area contributed by atoms with E-state index in [0.29, 0.717) is 41.9 Å². The Bertz CT molecular complexity index is 1040. The summed E-state index contributed by atoms with van der Waals surface area (Å²) >= 11 is 15.1. The first kappa shape index (κ1) is 23.5. The van der Waals surface area contributed by atoms with Crippen molar-refractivity contribution in [1.29, 1.82) is 0 Å². The van der Waals surface area contributed by atoms with E-state index in [4.69, 9.17) is 23.2 Å². The molecule has 170 valence electrons. The van der Waals surface area contributed by atoms with Gasteiger partial charge in [-0.25, -0.2) is 0 Å². The fourth-order valence-corrected chi connectivity index (χ4v) is 6.32. The van der Waals surface area contributed by atoms with Gasteiger partial charge in [0.1, 0.15) is 0 Å². The molecular formula is C25H27Cl2NO3S. The normalized spacial score (nSPS) is 18.1. The Morgan fingerprint density at radius 2 is 1.69 bits per heavy atom. The quantitative estimate of drug-likeness (QED) is 0.492. The molecule has 0 radical (unpaired) electrons. The van der Waals surface area contributed by atoms with E-state index < -0.39 is 11.4 Å². The van der Waals surface area contributed by atoms with Crippen LogP contribution in [0.5, 0.6) is 0 Å². The van der Waals surface area contributed by atoms with Gasteiger partial charge in [-0.15, -0.1) is 0 Å². The number of rotatable bonds is 6. The van der Waals surface area contributed by atoms with E-state index in [0.717, 1.165) is 28.2 Å². The molecule has 1 saturated carbocycles. The van der Waals surface area contributed by atoms with Crippen LogP contribution in [0.4, 0.5) is 0 Å². The van der Waals surface area contributed by atoms with E-state index in [2.05, 4.69) is 26.0 Å². The van der Waals surface area contributed by atoms with Crippen LogP contribution < -0.4 is 0 Å². The van der Waals surface area contributed by atoms with Crippen molar-refractivity contribution in [2.24, 2.45) is 5.92 Å². The molecule has 0 bridgehead atoms. The van der Waals surface area contributed by atoms with Gasteiger partial charge in [0.15, 0.2) is 0 Å². The van der Waals surface area contributed by atoms with Gasteiger partial charge in [0.05, 0.1) is 21.4 Å². The lowest BCUT2D eigenvalue weighted by atomic mass is 9.91. The lowest BCUT2D eigenvalue weighted by Gasteiger charge is -2.33. The van der Waals surface area contributed by atoms with Crippen molar-refractivity contribution in [1.82, 2.24) is 4.90 Å². The smallest absolute Gasteiger partial charge is 0.306 e. The molecule has 0 spiro atoms. The Hall–Kier alpha value is -1.69. The number of aliphatic carboxylic acids is 1. The van der Waals surface area contributed by atoms with Gasteiger partial charge in [0.25, 0.3) is 0 Å². The third kappa shape index (κ3) is 4.40. The summed E-state index contributed by atoms with van der Waals surface area (Å²) in [7, 11) is 0. The highest BCUT2D eigenvalue weighted by atomic mass is 35.5. The van der Waals surface area contributed by atoms with Gasteiger partial charge in [0.2, 0.25) is 5.91 Å². The zero-order chi connectivity index (χ0) is 23.0. The second-order valence-electron chi connectivity index (χ2n) is 9.02. The predicted octanol–water partition coefficient (Wildman–Crippen LogP) is 6.62. The highest BCUT2D eigenvalue weighted by molar-refractivity contribution is 7.99. The maximum atomic E-state index is 13.4. The van der Waals surface area contributed by atoms with Crippen molar-refractivity contribution >= 4 is 46.8 Å². The topological polar surface area (TPSA) is 57.6 Å². The van der Waals surface area contributed by atoms with Gasteiger partial charge in [-0.05, 0) is 54.9 Å². The van der Waals surface area contributed by atoms with Gasteiger partial charge in [-0.2, -0.15) is 0 Å². The zero-order valence-corrected chi connectivity index (χ0v) is 20.6. The predicted molar refractivity (Wildman–Crippen MR) is 129 cm³/mol. The van der Waals surface area contributed by atoms with Crippen molar-refractivity contribution in [3.05, 3.63) is 57.6 Å². The van der Waals surface area contributed by atoms with E-state index in [9.17, 15) is 14.7 Å². The van der Waals surface area contributed by atoms with E-state index in [1.807, 2.05) is 24.3 Å². The molecule has 1 amide bonds. The van der Waals surface area contributed by atoms with Crippen LogP contribution in [0.2, 0.25) is 10.0 Å². The highest BCUT2D eigenvalue weighted by Crippen LogP contribution is 2.54. The molecule has 2 aliphatic rings. The largest absolute Gasteiger partial charge is 0.481 e.